The summed E-state index contributed by atoms with van der Waals surface area (Å²) >= 11 is 16.5. The van der Waals surface area contributed by atoms with Crippen molar-refractivity contribution >= 4 is 131 Å². The van der Waals surface area contributed by atoms with E-state index in [9.17, 15) is 43.2 Å². The van der Waals surface area contributed by atoms with Crippen LogP contribution in [0.3, 0.4) is 0 Å². The van der Waals surface area contributed by atoms with Crippen molar-refractivity contribution in [1.29, 1.82) is 0 Å². The number of nitrogens with one attached hydrogen (secondary N) is 7. The molecule has 0 atom stereocenters. The number of aromatic nitrogens is 7. The number of Topliss-reactive ketones (excluding diaryl/α,β-unsaturated/α-hetero) is 1. The third-order valence-corrected chi connectivity index (χ3v) is 17.4. The summed E-state index contributed by atoms with van der Waals surface area (Å²) in [6.07, 6.45) is 14.6. The molecule has 30 heteroatoms. The minimum atomic E-state index is -0.911. The number of aromatic carboxylic acids is 1. The zero-order chi connectivity index (χ0) is 84.3. The van der Waals surface area contributed by atoms with Crippen molar-refractivity contribution < 1.29 is 87.1 Å². The fourth-order valence-electron chi connectivity index (χ4n) is 10.9. The molecule has 0 saturated carbocycles. The van der Waals surface area contributed by atoms with Gasteiger partial charge in [0.2, 0.25) is 5.24 Å². The van der Waals surface area contributed by atoms with Crippen molar-refractivity contribution in [3.63, 3.8) is 0 Å². The second kappa shape index (κ2) is 53.7. The van der Waals surface area contributed by atoms with E-state index in [-0.39, 0.29) is 64.5 Å². The topological polar surface area (TPSA) is 372 Å². The number of benzene rings is 7. The van der Waals surface area contributed by atoms with Crippen LogP contribution < -0.4 is 34.7 Å². The Hall–Kier alpha value is -11.6. The Labute approximate surface area is 727 Å². The summed E-state index contributed by atoms with van der Waals surface area (Å²) in [7, 11) is 9.81. The van der Waals surface area contributed by atoms with Gasteiger partial charge in [-0.1, -0.05) is 187 Å². The van der Waals surface area contributed by atoms with Crippen LogP contribution in [0.15, 0.2) is 277 Å². The summed E-state index contributed by atoms with van der Waals surface area (Å²) in [5.41, 5.74) is 11.4. The fourth-order valence-corrected chi connectivity index (χ4v) is 11.5. The van der Waals surface area contributed by atoms with Crippen molar-refractivity contribution in [2.45, 2.75) is 72.1 Å². The van der Waals surface area contributed by atoms with Crippen LogP contribution in [0.2, 0.25) is 10.0 Å². The van der Waals surface area contributed by atoms with E-state index in [1.165, 1.54) is 41.1 Å². The van der Waals surface area contributed by atoms with E-state index < -0.39 is 42.4 Å². The molecule has 14 rings (SSSR count). The van der Waals surface area contributed by atoms with Crippen LogP contribution in [-0.4, -0.2) is 125 Å². The Kier molecular flexibility index (Phi) is 44.2. The van der Waals surface area contributed by atoms with Gasteiger partial charge in [-0.15, -0.1) is 0 Å². The second-order valence-corrected chi connectivity index (χ2v) is 28.9. The van der Waals surface area contributed by atoms with E-state index in [2.05, 4.69) is 71.3 Å². The number of ether oxygens (including phenoxy) is 4. The molecule has 0 saturated heterocycles. The van der Waals surface area contributed by atoms with Gasteiger partial charge in [-0.25, -0.2) is 44.1 Å². The van der Waals surface area contributed by atoms with Crippen molar-refractivity contribution in [3.8, 4) is 11.5 Å². The first-order chi connectivity index (χ1) is 56.6. The maximum Gasteiger partial charge on any atom is 1.00 e. The number of aromatic amines is 7. The predicted octanol–water partition coefficient (Wildman–Crippen LogP) is 15.2. The average molecular weight is 1720 g/mol. The molecule has 7 aromatic carbocycles. The molecule has 0 aliphatic rings. The molecule has 10 N–H and O–H groups in total. The third-order valence-electron chi connectivity index (χ3n) is 16.6. The Morgan fingerprint density at radius 3 is 1.16 bits per heavy atom. The molecule has 14 aromatic rings. The maximum absolute atomic E-state index is 12.4. The van der Waals surface area contributed by atoms with Gasteiger partial charge < -0.3 is 69.5 Å². The van der Waals surface area contributed by atoms with Gasteiger partial charge in [-0.2, -0.15) is 0 Å². The number of hydrogen-bond donors (Lipinski definition) is 9. The molecule has 7 heterocycles. The van der Waals surface area contributed by atoms with Crippen LogP contribution in [0, 0.1) is 0 Å². The Morgan fingerprint density at radius 1 is 0.395 bits per heavy atom. The number of ketones is 1. The summed E-state index contributed by atoms with van der Waals surface area (Å²) in [5, 5.41) is 19.8. The second-order valence-electron chi connectivity index (χ2n) is 25.0. The van der Waals surface area contributed by atoms with E-state index in [0.717, 1.165) is 66.3 Å². The average Bonchev–Trinajstić information content (AvgIpc) is 1.23. The van der Waals surface area contributed by atoms with Gasteiger partial charge in [-0.3, -0.25) is 19.2 Å². The standard InChI is InChI=1S/C22H17ClN2O3.C15H15NO3.C15H17NO2.C13H13NO2.C9H6ClNO2.C8H7ClO.C7H9NO2.Al.2ClH.Li.H2O.H/c23-17-7-4-8-18-16(17)12-20(21(26)25-18)28-22(27)19-11-15(13-24-19)10-9-14-5-2-1-3-6-14;1-2-19-15(18)13-9-12(10-16-13)14(17)8-11-6-4-3-5-7-11;1-2-18-15(17)14-10-13(11-16-14)9-8-12-6-4-3-5-7-12;15-13(16)12-8-11(9-14-12)7-6-10-4-2-1-3-5-10;10-6-2-1-3-7-5(6)4-8(12)9(13)11-7;9-8(10)6-7-4-2-1-3-5-7;1-2-10-7(9)6-4-3-5-8-6;;;;;;/h1-8,11-13,24H,9-10H2,(H,25,26);3-7,9-10,16H,2,8H2,1H3;3-7,10-11,16H,2,8-9H2,1H3;1-5,8-9,14H,6-7H2,(H,15,16);1-4,12H,(H,11,13);1-5H,6H2;3-5,8H,2H2,1H3;;2*1H;;1H2;/q;;;;;;;+2;;;+1;;/p-3. The summed E-state index contributed by atoms with van der Waals surface area (Å²) in [4.78, 5) is 122. The number of aromatic hydroxyl groups is 1. The molecule has 0 fully saturated rings. The summed E-state index contributed by atoms with van der Waals surface area (Å²) in [6.45, 7) is 6.44. The zero-order valence-electron chi connectivity index (χ0n) is 65.4. The van der Waals surface area contributed by atoms with Crippen LogP contribution in [0.25, 0.3) is 21.8 Å². The molecule has 0 spiro atoms. The Balaban J connectivity index is 0.000000251. The maximum atomic E-state index is 12.4. The normalized spacial score (nSPS) is 9.95. The van der Waals surface area contributed by atoms with Gasteiger partial charge in [0, 0.05) is 60.2 Å². The molecule has 0 radical (unpaired) electrons. The molecule has 0 unspecified atom stereocenters. The number of H-pyrrole nitrogens is 7. The number of pyridine rings is 2. The van der Waals surface area contributed by atoms with Gasteiger partial charge in [0.25, 0.3) is 11.1 Å². The quantitative estimate of drug-likeness (QED) is 0.00944. The van der Waals surface area contributed by atoms with Gasteiger partial charge in [0.05, 0.1) is 40.9 Å². The van der Waals surface area contributed by atoms with E-state index in [1.807, 2.05) is 128 Å². The number of esters is 4. The number of carbonyl (C=O) groups is 7. The molecular formula is C89H86AlCl5LiN7O16. The van der Waals surface area contributed by atoms with Gasteiger partial charge >= 0.3 is 62.1 Å². The number of hydrogen-bond acceptors (Lipinski definition) is 15. The van der Waals surface area contributed by atoms with Crippen LogP contribution >= 0.6 is 54.9 Å². The monoisotopic (exact) mass is 1720 g/mol. The summed E-state index contributed by atoms with van der Waals surface area (Å²) in [5.74, 6) is -3.00. The van der Waals surface area contributed by atoms with Crippen molar-refractivity contribution in [2.24, 2.45) is 0 Å². The molecule has 0 aliphatic heterocycles. The Morgan fingerprint density at radius 2 is 0.756 bits per heavy atom. The van der Waals surface area contributed by atoms with E-state index in [0.29, 0.717) is 92.9 Å². The number of rotatable bonds is 23. The minimum Gasteiger partial charge on any atom is -0.870 e. The fraction of sp³-hybridized carbons (Fsp3) is 0.157. The zero-order valence-corrected chi connectivity index (χ0v) is 70.6. The first kappa shape index (κ1) is 98.0. The van der Waals surface area contributed by atoms with Crippen molar-refractivity contribution in [3.05, 3.63) is 377 Å². The molecular weight excluding hydrogens is 1630 g/mol. The Bertz CT molecular complexity index is 5560. The number of aryl methyl sites for hydroxylation is 6. The summed E-state index contributed by atoms with van der Waals surface area (Å²) < 4.78 is 19.8. The molecule has 0 amide bonds. The third kappa shape index (κ3) is 34.5. The number of fused-ring (bicyclic) bond motifs is 2. The number of halogens is 5. The van der Waals surface area contributed by atoms with Crippen molar-refractivity contribution in [2.75, 3.05) is 19.8 Å². The van der Waals surface area contributed by atoms with Crippen LogP contribution in [-0.2, 0) is 70.4 Å². The van der Waals surface area contributed by atoms with Crippen molar-refractivity contribution in [1.82, 2.24) is 34.9 Å². The minimum absolute atomic E-state index is 0. The van der Waals surface area contributed by atoms with Gasteiger partial charge in [-0.05, 0) is 188 Å². The molecule has 119 heavy (non-hydrogen) atoms. The largest absolute Gasteiger partial charge is 1.00 e. The first-order valence-electron chi connectivity index (χ1n) is 36.7. The van der Waals surface area contributed by atoms with E-state index >= 15 is 0 Å². The van der Waals surface area contributed by atoms with Crippen LogP contribution in [0.5, 0.6) is 11.5 Å². The SMILES string of the molecule is CCOC(=O)c1cc(C(=O)Cc2ccccc2)c[nH]1.CCOC(=O)c1cc(CCc2ccccc2)c[nH]1.CCOC(=O)c1ccc[nH]1.O=C(Cl)Cc1ccccc1.O=C(O)c1cc(CCc2ccccc2)c[nH]1.O=C(Oc1cc2c(Cl)cccc2[nH]c1=O)c1cc(CCc2ccccc2)c[nH]1.O=c1[nH]c2cccc(Cl)c2cc1O.[Cl][AlH][Cl].[Li+].[OH-]. The van der Waals surface area contributed by atoms with Crippen LogP contribution in [0.1, 0.15) is 128 Å². The summed E-state index contributed by atoms with van der Waals surface area (Å²) in [6, 6.07) is 72.9. The smallest absolute Gasteiger partial charge is 0.870 e. The first-order valence-corrected chi connectivity index (χ1v) is 42.1. The molecule has 612 valence electrons. The number of carboxylic acids is 1. The molecule has 0 aliphatic carbocycles. The van der Waals surface area contributed by atoms with Gasteiger partial charge in [0.15, 0.2) is 17.3 Å². The molecule has 23 nitrogen and oxygen atoms in total. The molecule has 7 aromatic heterocycles. The predicted molar refractivity (Wildman–Crippen MR) is 462 cm³/mol. The van der Waals surface area contributed by atoms with E-state index in [1.54, 1.807) is 100 Å². The number of carboxylic acid groups (broad SMARTS) is 1. The number of carbonyl (C=O) groups excluding carboxylic acids is 6. The van der Waals surface area contributed by atoms with Gasteiger partial charge in [0.1, 0.15) is 28.5 Å². The molecule has 0 bridgehead atoms. The van der Waals surface area contributed by atoms with E-state index in [4.69, 9.17) is 84.1 Å². The van der Waals surface area contributed by atoms with Crippen LogP contribution in [0.4, 0.5) is 0 Å².